The van der Waals surface area contributed by atoms with Crippen LogP contribution < -0.4 is 18.9 Å². The number of rotatable bonds is 14. The minimum atomic E-state index is -0.576. The molecule has 4 aromatic carbocycles. The Morgan fingerprint density at radius 1 is 0.483 bits per heavy atom. The zero-order valence-corrected chi connectivity index (χ0v) is 32.5. The maximum atomic E-state index is 12.1. The first kappa shape index (κ1) is 42.4. The van der Waals surface area contributed by atoms with E-state index in [1.54, 1.807) is 97.1 Å². The van der Waals surface area contributed by atoms with Crippen LogP contribution in [0.1, 0.15) is 22.3 Å². The van der Waals surface area contributed by atoms with Gasteiger partial charge in [0.05, 0.1) is 64.2 Å². The lowest BCUT2D eigenvalue weighted by Gasteiger charge is -2.12. The zero-order valence-electron chi connectivity index (χ0n) is 32.5. The average molecular weight is 807 g/mol. The molecule has 0 saturated heterocycles. The Kier molecular flexibility index (Phi) is 15.2. The first-order valence-electron chi connectivity index (χ1n) is 17.5. The van der Waals surface area contributed by atoms with Crippen molar-refractivity contribution in [2.45, 2.75) is 0 Å². The summed E-state index contributed by atoms with van der Waals surface area (Å²) in [6.45, 7) is 0. The molecule has 2 aromatic heterocycles. The number of methoxy groups -OCH3 is 4. The molecule has 0 aliphatic heterocycles. The van der Waals surface area contributed by atoms with E-state index in [0.29, 0.717) is 45.3 Å². The Morgan fingerprint density at radius 3 is 1.13 bits per heavy atom. The number of benzene rings is 4. The van der Waals surface area contributed by atoms with Crippen LogP contribution in [-0.2, 0) is 28.5 Å². The van der Waals surface area contributed by atoms with Crippen LogP contribution in [0.3, 0.4) is 0 Å². The van der Waals surface area contributed by atoms with E-state index in [9.17, 15) is 20.1 Å². The number of para-hydroxylation sites is 4. The summed E-state index contributed by atoms with van der Waals surface area (Å²) in [5.41, 5.74) is 2.03. The van der Waals surface area contributed by atoms with Gasteiger partial charge in [0.1, 0.15) is 58.9 Å². The molecule has 0 atom stereocenters. The zero-order chi connectivity index (χ0) is 42.7. The number of ether oxygens (including phenoxy) is 8. The lowest BCUT2D eigenvalue weighted by atomic mass is 10.1. The van der Waals surface area contributed by atoms with E-state index in [-0.39, 0.29) is 34.7 Å². The molecular formula is C44H34N6O10. The van der Waals surface area contributed by atoms with Gasteiger partial charge in [0, 0.05) is 11.1 Å². The quantitative estimate of drug-likeness (QED) is 0.0577. The summed E-state index contributed by atoms with van der Waals surface area (Å²) in [6.07, 6.45) is 5.10. The SMILES string of the molecule is CO/C=C(/C(=O)OC)c1ccccc1Oc1cc(Oc2ccccc2C#N)ncn1.CO/C=C(/C(=O)OC)c1ccccc1Oc1cc(Oc2ccccc2C#N)ncn1. The molecule has 6 rings (SSSR count). The van der Waals surface area contributed by atoms with Gasteiger partial charge in [0.2, 0.25) is 23.5 Å². The smallest absolute Gasteiger partial charge is 0.341 e. The van der Waals surface area contributed by atoms with Crippen molar-refractivity contribution in [3.63, 3.8) is 0 Å². The Labute approximate surface area is 344 Å². The van der Waals surface area contributed by atoms with Crippen molar-refractivity contribution in [1.29, 1.82) is 10.5 Å². The molecule has 2 heterocycles. The van der Waals surface area contributed by atoms with Crippen molar-refractivity contribution >= 4 is 23.1 Å². The number of nitrogens with zero attached hydrogens (tertiary/aromatic N) is 6. The number of hydrogen-bond acceptors (Lipinski definition) is 16. The summed E-state index contributed by atoms with van der Waals surface area (Å²) in [4.78, 5) is 40.5. The van der Waals surface area contributed by atoms with E-state index < -0.39 is 11.9 Å². The van der Waals surface area contributed by atoms with Crippen LogP contribution in [0.5, 0.6) is 46.5 Å². The summed E-state index contributed by atoms with van der Waals surface area (Å²) in [5.74, 6) is 1.04. The molecule has 6 aromatic rings. The Morgan fingerprint density at radius 2 is 0.800 bits per heavy atom. The second-order valence-corrected chi connectivity index (χ2v) is 11.5. The van der Waals surface area contributed by atoms with Crippen molar-refractivity contribution in [2.24, 2.45) is 0 Å². The summed E-state index contributed by atoms with van der Waals surface area (Å²) in [7, 11) is 5.42. The van der Waals surface area contributed by atoms with E-state index >= 15 is 0 Å². The van der Waals surface area contributed by atoms with Crippen molar-refractivity contribution < 1.29 is 47.5 Å². The molecular weight excluding hydrogens is 773 g/mol. The maximum Gasteiger partial charge on any atom is 0.341 e. The topological polar surface area (TPSA) is 207 Å². The predicted octanol–water partition coefficient (Wildman–Crippen LogP) is 8.19. The normalized spacial score (nSPS) is 10.6. The second kappa shape index (κ2) is 21.5. The molecule has 0 saturated carbocycles. The van der Waals surface area contributed by atoms with Gasteiger partial charge in [-0.25, -0.2) is 29.5 Å². The standard InChI is InChI=1S/2C22H17N3O5/c2*1-27-13-17(22(26)28-2)16-8-4-6-10-19(16)30-21-11-20(24-14-25-21)29-18-9-5-3-7-15(18)12-23/h2*3-11,13-14H,1-2H3/b2*17-13+. The largest absolute Gasteiger partial charge is 0.503 e. The van der Waals surface area contributed by atoms with Crippen molar-refractivity contribution in [3.05, 3.63) is 157 Å². The summed E-state index contributed by atoms with van der Waals surface area (Å²) >= 11 is 0. The molecule has 0 unspecified atom stereocenters. The number of nitriles is 2. The monoisotopic (exact) mass is 806 g/mol. The van der Waals surface area contributed by atoms with Crippen LogP contribution in [0, 0.1) is 22.7 Å². The molecule has 16 heteroatoms. The minimum absolute atomic E-state index is 0.184. The number of carbonyl (C=O) groups excluding carboxylic acids is 2. The van der Waals surface area contributed by atoms with E-state index in [1.165, 1.54) is 65.8 Å². The molecule has 0 spiro atoms. The summed E-state index contributed by atoms with van der Waals surface area (Å²) in [6, 6.07) is 34.4. The summed E-state index contributed by atoms with van der Waals surface area (Å²) in [5, 5.41) is 18.4. The minimum Gasteiger partial charge on any atom is -0.503 e. The third-order valence-electron chi connectivity index (χ3n) is 7.74. The van der Waals surface area contributed by atoms with Gasteiger partial charge in [-0.1, -0.05) is 60.7 Å². The van der Waals surface area contributed by atoms with Crippen LogP contribution >= 0.6 is 0 Å². The number of aromatic nitrogens is 4. The third-order valence-corrected chi connectivity index (χ3v) is 7.74. The summed E-state index contributed by atoms with van der Waals surface area (Å²) < 4.78 is 42.8. The number of hydrogen-bond donors (Lipinski definition) is 0. The van der Waals surface area contributed by atoms with Crippen molar-refractivity contribution in [2.75, 3.05) is 28.4 Å². The van der Waals surface area contributed by atoms with Crippen molar-refractivity contribution in [3.8, 4) is 58.7 Å². The van der Waals surface area contributed by atoms with E-state index in [1.807, 2.05) is 0 Å². The highest BCUT2D eigenvalue weighted by Crippen LogP contribution is 2.34. The fraction of sp³-hybridized carbons (Fsp3) is 0.0909. The fourth-order valence-corrected chi connectivity index (χ4v) is 5.07. The predicted molar refractivity (Wildman–Crippen MR) is 214 cm³/mol. The van der Waals surface area contributed by atoms with Gasteiger partial charge in [0.15, 0.2) is 0 Å². The Balaban J connectivity index is 0.000000228. The van der Waals surface area contributed by atoms with Gasteiger partial charge in [-0.2, -0.15) is 10.5 Å². The molecule has 0 bridgehead atoms. The van der Waals surface area contributed by atoms with Gasteiger partial charge in [-0.3, -0.25) is 0 Å². The lowest BCUT2D eigenvalue weighted by molar-refractivity contribution is -0.134. The Bertz CT molecular complexity index is 2420. The highest BCUT2D eigenvalue weighted by Gasteiger charge is 2.20. The first-order valence-corrected chi connectivity index (χ1v) is 17.5. The Hall–Kier alpha value is -8.76. The number of carbonyl (C=O) groups is 2. The lowest BCUT2D eigenvalue weighted by Crippen LogP contribution is -2.06. The van der Waals surface area contributed by atoms with Crippen LogP contribution in [0.15, 0.2) is 134 Å². The van der Waals surface area contributed by atoms with Crippen LogP contribution in [0.4, 0.5) is 0 Å². The third kappa shape index (κ3) is 11.2. The highest BCUT2D eigenvalue weighted by atomic mass is 16.5. The highest BCUT2D eigenvalue weighted by molar-refractivity contribution is 6.17. The molecule has 0 amide bonds. The van der Waals surface area contributed by atoms with Crippen molar-refractivity contribution in [1.82, 2.24) is 19.9 Å². The van der Waals surface area contributed by atoms with Crippen LogP contribution in [-0.4, -0.2) is 60.3 Å². The molecule has 300 valence electrons. The molecule has 0 fully saturated rings. The van der Waals surface area contributed by atoms with Crippen LogP contribution in [0.25, 0.3) is 11.1 Å². The second-order valence-electron chi connectivity index (χ2n) is 11.5. The van der Waals surface area contributed by atoms with Gasteiger partial charge >= 0.3 is 11.9 Å². The molecule has 0 radical (unpaired) electrons. The number of esters is 2. The van der Waals surface area contributed by atoms with E-state index in [2.05, 4.69) is 32.1 Å². The van der Waals surface area contributed by atoms with Crippen LogP contribution in [0.2, 0.25) is 0 Å². The van der Waals surface area contributed by atoms with Gasteiger partial charge in [0.25, 0.3) is 0 Å². The first-order chi connectivity index (χ1) is 29.3. The average Bonchev–Trinajstić information content (AvgIpc) is 3.28. The van der Waals surface area contributed by atoms with Gasteiger partial charge < -0.3 is 37.9 Å². The van der Waals surface area contributed by atoms with E-state index in [0.717, 1.165) is 0 Å². The fourth-order valence-electron chi connectivity index (χ4n) is 5.07. The maximum absolute atomic E-state index is 12.1. The van der Waals surface area contributed by atoms with E-state index in [4.69, 9.17) is 37.9 Å². The molecule has 60 heavy (non-hydrogen) atoms. The molecule has 16 nitrogen and oxygen atoms in total. The van der Waals surface area contributed by atoms with Gasteiger partial charge in [-0.15, -0.1) is 0 Å². The van der Waals surface area contributed by atoms with Gasteiger partial charge in [-0.05, 0) is 36.4 Å². The molecule has 0 N–H and O–H groups in total. The molecule has 0 aliphatic rings. The molecule has 0 aliphatic carbocycles.